The molecule has 1 N–H and O–H groups in total. The van der Waals surface area contributed by atoms with Crippen molar-refractivity contribution in [2.75, 3.05) is 6.79 Å². The molecule has 0 atom stereocenters. The third kappa shape index (κ3) is 4.41. The Hall–Kier alpha value is -2.98. The highest BCUT2D eigenvalue weighted by Crippen LogP contribution is 2.32. The fourth-order valence-electron chi connectivity index (χ4n) is 3.08. The van der Waals surface area contributed by atoms with Crippen LogP contribution in [0.3, 0.4) is 0 Å². The van der Waals surface area contributed by atoms with Crippen molar-refractivity contribution in [1.82, 2.24) is 5.32 Å². The lowest BCUT2D eigenvalue weighted by Gasteiger charge is -2.11. The largest absolute Gasteiger partial charge is 0.489 e. The SMILES string of the molecule is Cc1ccccc1COc1cccc(CNCc2ccc3c(c2)OCO3)c1. The molecule has 1 aliphatic heterocycles. The molecule has 0 radical (unpaired) electrons. The van der Waals surface area contributed by atoms with Crippen LogP contribution in [0.1, 0.15) is 22.3 Å². The molecule has 0 aliphatic carbocycles. The van der Waals surface area contributed by atoms with E-state index in [1.54, 1.807) is 0 Å². The first-order valence-corrected chi connectivity index (χ1v) is 9.13. The smallest absolute Gasteiger partial charge is 0.231 e. The second-order valence-electron chi connectivity index (χ2n) is 6.65. The Morgan fingerprint density at radius 2 is 1.67 bits per heavy atom. The Balaban J connectivity index is 1.31. The summed E-state index contributed by atoms with van der Waals surface area (Å²) >= 11 is 0. The van der Waals surface area contributed by atoms with E-state index in [9.17, 15) is 0 Å². The van der Waals surface area contributed by atoms with Gasteiger partial charge in [0.2, 0.25) is 6.79 Å². The average molecular weight is 361 g/mol. The van der Waals surface area contributed by atoms with Gasteiger partial charge in [-0.15, -0.1) is 0 Å². The molecule has 3 aromatic carbocycles. The number of ether oxygens (including phenoxy) is 3. The van der Waals surface area contributed by atoms with Crippen molar-refractivity contribution in [2.24, 2.45) is 0 Å². The number of aryl methyl sites for hydroxylation is 1. The second kappa shape index (κ2) is 8.14. The molecule has 0 saturated heterocycles. The highest BCUT2D eigenvalue weighted by Gasteiger charge is 2.12. The van der Waals surface area contributed by atoms with Gasteiger partial charge >= 0.3 is 0 Å². The van der Waals surface area contributed by atoms with Gasteiger partial charge in [0.15, 0.2) is 11.5 Å². The van der Waals surface area contributed by atoms with E-state index in [1.165, 1.54) is 22.3 Å². The molecule has 27 heavy (non-hydrogen) atoms. The van der Waals surface area contributed by atoms with E-state index in [-0.39, 0.29) is 0 Å². The molecule has 0 saturated carbocycles. The van der Waals surface area contributed by atoms with E-state index in [2.05, 4.69) is 42.6 Å². The van der Waals surface area contributed by atoms with E-state index in [0.29, 0.717) is 13.4 Å². The van der Waals surface area contributed by atoms with Gasteiger partial charge in [0.25, 0.3) is 0 Å². The highest BCUT2D eigenvalue weighted by atomic mass is 16.7. The zero-order chi connectivity index (χ0) is 18.5. The van der Waals surface area contributed by atoms with E-state index in [4.69, 9.17) is 14.2 Å². The first kappa shape index (κ1) is 17.4. The minimum Gasteiger partial charge on any atom is -0.489 e. The quantitative estimate of drug-likeness (QED) is 0.668. The number of hydrogen-bond donors (Lipinski definition) is 1. The summed E-state index contributed by atoms with van der Waals surface area (Å²) in [6.07, 6.45) is 0. The number of fused-ring (bicyclic) bond motifs is 1. The van der Waals surface area contributed by atoms with E-state index in [1.807, 2.05) is 36.4 Å². The maximum atomic E-state index is 5.97. The van der Waals surface area contributed by atoms with Crippen molar-refractivity contribution in [3.8, 4) is 17.2 Å². The van der Waals surface area contributed by atoms with Crippen molar-refractivity contribution < 1.29 is 14.2 Å². The van der Waals surface area contributed by atoms with Crippen molar-refractivity contribution in [3.05, 3.63) is 89.0 Å². The predicted molar refractivity (Wildman–Crippen MR) is 105 cm³/mol. The molecule has 138 valence electrons. The average Bonchev–Trinajstić information content (AvgIpc) is 3.16. The van der Waals surface area contributed by atoms with Crippen LogP contribution < -0.4 is 19.5 Å². The zero-order valence-corrected chi connectivity index (χ0v) is 15.4. The summed E-state index contributed by atoms with van der Waals surface area (Å²) in [5.41, 5.74) is 4.83. The van der Waals surface area contributed by atoms with Crippen molar-refractivity contribution in [3.63, 3.8) is 0 Å². The number of rotatable bonds is 7. The third-order valence-electron chi connectivity index (χ3n) is 4.65. The fourth-order valence-corrected chi connectivity index (χ4v) is 3.08. The minimum absolute atomic E-state index is 0.307. The standard InChI is InChI=1S/C23H23NO3/c1-17-5-2-3-7-20(17)15-25-21-8-4-6-18(11-21)13-24-14-19-9-10-22-23(12-19)27-16-26-22/h2-12,24H,13-16H2,1H3. The zero-order valence-electron chi connectivity index (χ0n) is 15.4. The van der Waals surface area contributed by atoms with Crippen LogP contribution in [-0.4, -0.2) is 6.79 Å². The maximum Gasteiger partial charge on any atom is 0.231 e. The molecule has 4 rings (SSSR count). The fraction of sp³-hybridized carbons (Fsp3) is 0.217. The van der Waals surface area contributed by atoms with Gasteiger partial charge in [-0.3, -0.25) is 0 Å². The first-order valence-electron chi connectivity index (χ1n) is 9.13. The van der Waals surface area contributed by atoms with Gasteiger partial charge in [0, 0.05) is 13.1 Å². The van der Waals surface area contributed by atoms with Gasteiger partial charge in [0.05, 0.1) is 0 Å². The van der Waals surface area contributed by atoms with Gasteiger partial charge in [0.1, 0.15) is 12.4 Å². The van der Waals surface area contributed by atoms with Crippen molar-refractivity contribution in [2.45, 2.75) is 26.6 Å². The maximum absolute atomic E-state index is 5.97. The predicted octanol–water partition coefficient (Wildman–Crippen LogP) is 4.59. The molecular weight excluding hydrogens is 338 g/mol. The topological polar surface area (TPSA) is 39.7 Å². The molecule has 4 heteroatoms. The van der Waals surface area contributed by atoms with Gasteiger partial charge in [-0.2, -0.15) is 0 Å². The van der Waals surface area contributed by atoms with Crippen LogP contribution in [-0.2, 0) is 19.7 Å². The highest BCUT2D eigenvalue weighted by molar-refractivity contribution is 5.44. The lowest BCUT2D eigenvalue weighted by molar-refractivity contribution is 0.174. The van der Waals surface area contributed by atoms with Crippen molar-refractivity contribution >= 4 is 0 Å². The normalized spacial score (nSPS) is 12.2. The van der Waals surface area contributed by atoms with Gasteiger partial charge in [-0.25, -0.2) is 0 Å². The number of hydrogen-bond acceptors (Lipinski definition) is 4. The lowest BCUT2D eigenvalue weighted by Crippen LogP contribution is -2.12. The Bertz CT molecular complexity index is 923. The number of nitrogens with one attached hydrogen (secondary N) is 1. The van der Waals surface area contributed by atoms with E-state index >= 15 is 0 Å². The molecule has 4 nitrogen and oxygen atoms in total. The summed E-state index contributed by atoms with van der Waals surface area (Å²) in [5.74, 6) is 2.53. The van der Waals surface area contributed by atoms with Gasteiger partial charge in [-0.1, -0.05) is 42.5 Å². The monoisotopic (exact) mass is 361 g/mol. The molecule has 0 aromatic heterocycles. The minimum atomic E-state index is 0.307. The molecule has 0 amide bonds. The lowest BCUT2D eigenvalue weighted by atomic mass is 10.1. The second-order valence-corrected chi connectivity index (χ2v) is 6.65. The van der Waals surface area contributed by atoms with E-state index in [0.717, 1.165) is 30.3 Å². The summed E-state index contributed by atoms with van der Waals surface area (Å²) in [7, 11) is 0. The first-order chi connectivity index (χ1) is 13.3. The summed E-state index contributed by atoms with van der Waals surface area (Å²) in [5, 5.41) is 3.47. The van der Waals surface area contributed by atoms with Crippen LogP contribution in [0.4, 0.5) is 0 Å². The molecule has 3 aromatic rings. The van der Waals surface area contributed by atoms with Crippen LogP contribution in [0.25, 0.3) is 0 Å². The molecule has 0 fully saturated rings. The Morgan fingerprint density at radius 1 is 0.852 bits per heavy atom. The van der Waals surface area contributed by atoms with Gasteiger partial charge < -0.3 is 19.5 Å². The van der Waals surface area contributed by atoms with E-state index < -0.39 is 0 Å². The van der Waals surface area contributed by atoms with Crippen LogP contribution in [0.2, 0.25) is 0 Å². The Morgan fingerprint density at radius 3 is 2.56 bits per heavy atom. The summed E-state index contributed by atoms with van der Waals surface area (Å²) in [4.78, 5) is 0. The molecule has 1 aliphatic rings. The van der Waals surface area contributed by atoms with Crippen LogP contribution >= 0.6 is 0 Å². The molecular formula is C23H23NO3. The van der Waals surface area contributed by atoms with Crippen LogP contribution in [0.15, 0.2) is 66.7 Å². The van der Waals surface area contributed by atoms with Crippen molar-refractivity contribution in [1.29, 1.82) is 0 Å². The summed E-state index contributed by atoms with van der Waals surface area (Å²) < 4.78 is 16.7. The van der Waals surface area contributed by atoms with Gasteiger partial charge in [-0.05, 0) is 53.4 Å². The summed E-state index contributed by atoms with van der Waals surface area (Å²) in [6, 6.07) is 22.6. The van der Waals surface area contributed by atoms with Crippen LogP contribution in [0, 0.1) is 6.92 Å². The summed E-state index contributed by atoms with van der Waals surface area (Å²) in [6.45, 7) is 4.54. The number of benzene rings is 3. The molecule has 0 spiro atoms. The Kier molecular flexibility index (Phi) is 5.26. The molecule has 0 unspecified atom stereocenters. The molecule has 0 bridgehead atoms. The third-order valence-corrected chi connectivity index (χ3v) is 4.65. The molecule has 1 heterocycles. The van der Waals surface area contributed by atoms with Crippen LogP contribution in [0.5, 0.6) is 17.2 Å². The Labute approximate surface area is 159 Å².